The van der Waals surface area contributed by atoms with Crippen LogP contribution < -0.4 is 11.5 Å². The summed E-state index contributed by atoms with van der Waals surface area (Å²) in [6.45, 7) is -0.225. The van der Waals surface area contributed by atoms with Gasteiger partial charge in [-0.3, -0.25) is 19.3 Å². The van der Waals surface area contributed by atoms with Gasteiger partial charge in [-0.15, -0.1) is 0 Å². The van der Waals surface area contributed by atoms with Crippen LogP contribution in [-0.4, -0.2) is 68.5 Å². The maximum Gasteiger partial charge on any atom is 0.416 e. The lowest BCUT2D eigenvalue weighted by Gasteiger charge is -2.50. The standard InChI is InChI=1S/C29H28F3N3O7/c1-35(2)21-17-9-12-7-16-15(11-3-5-14(6-4-11)29(30,31)32)8-13(10-33)22(36)19(16)23(37)18(12)25(39)28(17,42)26(40)20(24(21)38)27(34)41/h3-6,8,12,17,21,36-37,40,42H,7,9-10,33H2,1-2H3,(H2,34,41)/t12?,17?,21-,28-/m0/s1. The van der Waals surface area contributed by atoms with Crippen molar-refractivity contribution in [3.05, 3.63) is 69.5 Å². The molecule has 2 aromatic rings. The molecule has 3 aliphatic carbocycles. The van der Waals surface area contributed by atoms with E-state index in [0.29, 0.717) is 16.7 Å². The zero-order valence-electron chi connectivity index (χ0n) is 22.5. The van der Waals surface area contributed by atoms with Crippen LogP contribution >= 0.6 is 0 Å². The van der Waals surface area contributed by atoms with Gasteiger partial charge in [-0.05, 0) is 67.7 Å². The molecule has 0 saturated heterocycles. The third-order valence-corrected chi connectivity index (χ3v) is 8.54. The number of aliphatic hydroxyl groups excluding tert-OH is 2. The first-order valence-corrected chi connectivity index (χ1v) is 13.0. The van der Waals surface area contributed by atoms with E-state index in [0.717, 1.165) is 12.1 Å². The van der Waals surface area contributed by atoms with Gasteiger partial charge in [0, 0.05) is 23.6 Å². The summed E-state index contributed by atoms with van der Waals surface area (Å²) in [6.07, 6.45) is -4.72. The molecule has 2 aromatic carbocycles. The molecule has 0 spiro atoms. The fourth-order valence-electron chi connectivity index (χ4n) is 6.62. The molecule has 2 unspecified atom stereocenters. The molecule has 42 heavy (non-hydrogen) atoms. The average molecular weight is 588 g/mol. The lowest BCUT2D eigenvalue weighted by Crippen LogP contribution is -2.65. The van der Waals surface area contributed by atoms with Gasteiger partial charge in [-0.2, -0.15) is 13.2 Å². The number of hydrogen-bond donors (Lipinski definition) is 6. The van der Waals surface area contributed by atoms with Crippen molar-refractivity contribution in [2.45, 2.75) is 37.2 Å². The first kappa shape index (κ1) is 29.3. The number of benzene rings is 2. The Labute approximate surface area is 237 Å². The summed E-state index contributed by atoms with van der Waals surface area (Å²) in [5.41, 5.74) is 7.15. The average Bonchev–Trinajstić information content (AvgIpc) is 2.90. The smallest absolute Gasteiger partial charge is 0.416 e. The Balaban J connectivity index is 1.74. The number of fused-ring (bicyclic) bond motifs is 3. The van der Waals surface area contributed by atoms with E-state index in [1.807, 2.05) is 0 Å². The molecule has 0 aliphatic heterocycles. The third-order valence-electron chi connectivity index (χ3n) is 8.54. The highest BCUT2D eigenvalue weighted by molar-refractivity contribution is 6.24. The summed E-state index contributed by atoms with van der Waals surface area (Å²) < 4.78 is 39.6. The van der Waals surface area contributed by atoms with Crippen molar-refractivity contribution >= 4 is 23.2 Å². The van der Waals surface area contributed by atoms with Crippen LogP contribution in [0, 0.1) is 11.8 Å². The summed E-state index contributed by atoms with van der Waals surface area (Å²) in [7, 11) is 2.98. The normalized spacial score (nSPS) is 25.9. The quantitative estimate of drug-likeness (QED) is 0.291. The van der Waals surface area contributed by atoms with E-state index >= 15 is 0 Å². The lowest BCUT2D eigenvalue weighted by molar-refractivity contribution is -0.153. The molecule has 8 N–H and O–H groups in total. The number of nitrogens with zero attached hydrogens (tertiary/aromatic N) is 1. The number of ketones is 2. The number of hydrogen-bond acceptors (Lipinski definition) is 9. The molecule has 5 rings (SSSR count). The number of aliphatic hydroxyl groups is 3. The van der Waals surface area contributed by atoms with Crippen molar-refractivity contribution in [1.82, 2.24) is 4.90 Å². The van der Waals surface area contributed by atoms with Crippen LogP contribution in [0.2, 0.25) is 0 Å². The number of alkyl halides is 3. The van der Waals surface area contributed by atoms with Crippen molar-refractivity contribution in [2.24, 2.45) is 23.3 Å². The van der Waals surface area contributed by atoms with Gasteiger partial charge >= 0.3 is 6.18 Å². The van der Waals surface area contributed by atoms with E-state index in [-0.39, 0.29) is 36.1 Å². The summed E-state index contributed by atoms with van der Waals surface area (Å²) in [5, 5.41) is 45.2. The van der Waals surface area contributed by atoms with Gasteiger partial charge in [0.25, 0.3) is 5.91 Å². The molecule has 222 valence electrons. The van der Waals surface area contributed by atoms with E-state index < -0.39 is 75.5 Å². The fraction of sp³-hybridized carbons (Fsp3) is 0.345. The van der Waals surface area contributed by atoms with Gasteiger partial charge in [0.15, 0.2) is 11.4 Å². The molecule has 0 radical (unpaired) electrons. The molecule has 4 atom stereocenters. The van der Waals surface area contributed by atoms with Crippen LogP contribution in [0.4, 0.5) is 13.2 Å². The maximum atomic E-state index is 14.0. The van der Waals surface area contributed by atoms with Crippen LogP contribution in [-0.2, 0) is 33.5 Å². The molecular formula is C29H28F3N3O7. The summed E-state index contributed by atoms with van der Waals surface area (Å²) in [6, 6.07) is 4.53. The fourth-order valence-corrected chi connectivity index (χ4v) is 6.62. The number of phenols is 1. The number of nitrogens with two attached hydrogens (primary N) is 2. The van der Waals surface area contributed by atoms with E-state index in [2.05, 4.69) is 0 Å². The van der Waals surface area contributed by atoms with Gasteiger partial charge in [-0.25, -0.2) is 0 Å². The Morgan fingerprint density at radius 3 is 2.26 bits per heavy atom. The maximum absolute atomic E-state index is 14.0. The number of amides is 1. The predicted molar refractivity (Wildman–Crippen MR) is 143 cm³/mol. The van der Waals surface area contributed by atoms with Crippen LogP contribution in [0.1, 0.15) is 28.7 Å². The minimum absolute atomic E-state index is 0.0245. The topological polar surface area (TPSA) is 187 Å². The van der Waals surface area contributed by atoms with Crippen LogP contribution in [0.25, 0.3) is 16.9 Å². The van der Waals surface area contributed by atoms with Crippen molar-refractivity contribution in [3.63, 3.8) is 0 Å². The number of halogens is 3. The Hall–Kier alpha value is -4.20. The van der Waals surface area contributed by atoms with Crippen molar-refractivity contribution < 1.29 is 48.0 Å². The second kappa shape index (κ2) is 9.68. The lowest BCUT2D eigenvalue weighted by atomic mass is 9.57. The number of carbonyl (C=O) groups is 3. The van der Waals surface area contributed by atoms with Crippen molar-refractivity contribution in [3.8, 4) is 16.9 Å². The Kier molecular flexibility index (Phi) is 6.75. The summed E-state index contributed by atoms with van der Waals surface area (Å²) >= 11 is 0. The molecule has 1 amide bonds. The van der Waals surface area contributed by atoms with Gasteiger partial charge in [-0.1, -0.05) is 12.1 Å². The number of likely N-dealkylation sites (N-methyl/N-ethyl adjacent to an activating group) is 1. The minimum Gasteiger partial charge on any atom is -0.508 e. The highest BCUT2D eigenvalue weighted by atomic mass is 19.4. The first-order valence-electron chi connectivity index (χ1n) is 13.0. The second-order valence-electron chi connectivity index (χ2n) is 11.0. The molecule has 3 aliphatic rings. The van der Waals surface area contributed by atoms with E-state index in [1.165, 1.54) is 37.2 Å². The van der Waals surface area contributed by atoms with Gasteiger partial charge in [0.1, 0.15) is 22.8 Å². The van der Waals surface area contributed by atoms with Gasteiger partial charge < -0.3 is 31.9 Å². The molecule has 0 heterocycles. The Bertz CT molecular complexity index is 1610. The first-order chi connectivity index (χ1) is 19.5. The predicted octanol–water partition coefficient (Wildman–Crippen LogP) is 2.11. The molecule has 1 saturated carbocycles. The van der Waals surface area contributed by atoms with Gasteiger partial charge in [0.2, 0.25) is 5.78 Å². The molecule has 10 nitrogen and oxygen atoms in total. The number of primary amides is 1. The number of aromatic hydroxyl groups is 1. The zero-order valence-corrected chi connectivity index (χ0v) is 22.5. The number of phenolic OH excluding ortho intramolecular Hbond substituents is 1. The monoisotopic (exact) mass is 587 g/mol. The molecule has 13 heteroatoms. The van der Waals surface area contributed by atoms with E-state index in [1.54, 1.807) is 0 Å². The summed E-state index contributed by atoms with van der Waals surface area (Å²) in [4.78, 5) is 40.7. The van der Waals surface area contributed by atoms with Crippen LogP contribution in [0.15, 0.2) is 47.2 Å². The van der Waals surface area contributed by atoms with E-state index in [4.69, 9.17) is 11.5 Å². The SMILES string of the molecule is CN(C)[C@@H]1C(=O)C(C(N)=O)=C(O)[C@@]2(O)C(=O)C3=C(O)c4c(O)c(CN)cc(-c5ccc(C(F)(F)F)cc5)c4CC3CC12. The number of rotatable bonds is 4. The largest absolute Gasteiger partial charge is 0.508 e. The molecule has 0 aromatic heterocycles. The van der Waals surface area contributed by atoms with Crippen molar-refractivity contribution in [2.75, 3.05) is 14.1 Å². The molecule has 1 fully saturated rings. The Morgan fingerprint density at radius 2 is 1.74 bits per heavy atom. The minimum atomic E-state index is -4.57. The number of carbonyl (C=O) groups excluding carboxylic acids is 3. The molecule has 0 bridgehead atoms. The van der Waals surface area contributed by atoms with Crippen molar-refractivity contribution in [1.29, 1.82) is 0 Å². The second-order valence-corrected chi connectivity index (χ2v) is 11.0. The highest BCUT2D eigenvalue weighted by Crippen LogP contribution is 2.54. The van der Waals surface area contributed by atoms with Gasteiger partial charge in [0.05, 0.1) is 17.2 Å². The zero-order chi connectivity index (χ0) is 31.0. The number of Topliss-reactive ketones (excluding diaryl/α,β-unsaturated/α-hetero) is 2. The summed E-state index contributed by atoms with van der Waals surface area (Å²) in [5.74, 6) is -7.88. The molecular weight excluding hydrogens is 559 g/mol. The van der Waals surface area contributed by atoms with E-state index in [9.17, 15) is 48.0 Å². The van der Waals surface area contributed by atoms with Crippen LogP contribution in [0.3, 0.4) is 0 Å². The highest BCUT2D eigenvalue weighted by Gasteiger charge is 2.64. The van der Waals surface area contributed by atoms with Crippen LogP contribution in [0.5, 0.6) is 5.75 Å². The Morgan fingerprint density at radius 1 is 1.12 bits per heavy atom. The third kappa shape index (κ3) is 4.02.